The average Bonchev–Trinajstić information content (AvgIpc) is 2.79. The number of thiophene rings is 1. The van der Waals surface area contributed by atoms with Gasteiger partial charge in [0.25, 0.3) is 11.1 Å². The minimum Gasteiger partial charge on any atom is -0.384 e. The summed E-state index contributed by atoms with van der Waals surface area (Å²) in [6.45, 7) is 0.124. The first-order chi connectivity index (χ1) is 8.69. The molecular formula is C12H10N2O3S. The molecule has 92 valence electrons. The molecule has 2 aromatic heterocycles. The molecule has 0 fully saturated rings. The van der Waals surface area contributed by atoms with E-state index in [2.05, 4.69) is 16.9 Å². The number of aromatic nitrogens is 2. The third-order valence-electron chi connectivity index (χ3n) is 2.15. The van der Waals surface area contributed by atoms with Gasteiger partial charge in [0.2, 0.25) is 0 Å². The van der Waals surface area contributed by atoms with E-state index in [4.69, 9.17) is 5.11 Å². The van der Waals surface area contributed by atoms with Crippen LogP contribution in [0.15, 0.2) is 33.9 Å². The molecule has 6 heteroatoms. The Bertz CT molecular complexity index is 715. The van der Waals surface area contributed by atoms with Crippen LogP contribution in [-0.4, -0.2) is 21.5 Å². The maximum absolute atomic E-state index is 11.5. The van der Waals surface area contributed by atoms with Crippen molar-refractivity contribution in [3.8, 4) is 11.8 Å². The molecule has 0 unspecified atom stereocenters. The van der Waals surface area contributed by atoms with Crippen molar-refractivity contribution in [2.24, 2.45) is 0 Å². The highest BCUT2D eigenvalue weighted by atomic mass is 32.1. The van der Waals surface area contributed by atoms with Crippen molar-refractivity contribution in [2.45, 2.75) is 6.54 Å². The van der Waals surface area contributed by atoms with Crippen molar-refractivity contribution >= 4 is 11.3 Å². The zero-order valence-corrected chi connectivity index (χ0v) is 10.2. The van der Waals surface area contributed by atoms with Gasteiger partial charge in [0, 0.05) is 17.0 Å². The fourth-order valence-electron chi connectivity index (χ4n) is 1.39. The van der Waals surface area contributed by atoms with Crippen LogP contribution < -0.4 is 11.1 Å². The van der Waals surface area contributed by atoms with Gasteiger partial charge >= 0.3 is 0 Å². The van der Waals surface area contributed by atoms with Crippen molar-refractivity contribution < 1.29 is 5.11 Å². The number of nitrogens with one attached hydrogen (secondary N) is 1. The van der Waals surface area contributed by atoms with Gasteiger partial charge in [0.1, 0.15) is 6.61 Å². The first-order valence-corrected chi connectivity index (χ1v) is 5.99. The zero-order chi connectivity index (χ0) is 13.0. The minimum absolute atomic E-state index is 0.182. The lowest BCUT2D eigenvalue weighted by atomic mass is 10.4. The Labute approximate surface area is 106 Å². The monoisotopic (exact) mass is 262 g/mol. The molecule has 2 aromatic rings. The van der Waals surface area contributed by atoms with Crippen LogP contribution in [0.25, 0.3) is 0 Å². The van der Waals surface area contributed by atoms with Crippen LogP contribution in [-0.2, 0) is 6.54 Å². The van der Waals surface area contributed by atoms with E-state index >= 15 is 0 Å². The maximum Gasteiger partial charge on any atom is 0.265 e. The van der Waals surface area contributed by atoms with Crippen molar-refractivity contribution in [3.63, 3.8) is 0 Å². The largest absolute Gasteiger partial charge is 0.384 e. The number of aromatic amines is 1. The van der Waals surface area contributed by atoms with Crippen LogP contribution in [0, 0.1) is 11.8 Å². The lowest BCUT2D eigenvalue weighted by Gasteiger charge is -2.01. The molecule has 0 aromatic carbocycles. The standard InChI is InChI=1S/C12H10N2O3S/c15-7-1-2-9-3-4-10(18-9)8-14-12(17)6-5-11(16)13-14/h3-6,15H,7-8H2,(H,13,16). The van der Waals surface area contributed by atoms with E-state index in [1.54, 1.807) is 0 Å². The Morgan fingerprint density at radius 1 is 1.28 bits per heavy atom. The molecule has 0 aliphatic carbocycles. The SMILES string of the molecule is O=c1ccc(=O)n(Cc2ccc(C#CCO)s2)[nH]1. The van der Waals surface area contributed by atoms with Gasteiger partial charge < -0.3 is 5.11 Å². The molecule has 2 heterocycles. The second-order valence-corrected chi connectivity index (χ2v) is 4.63. The highest BCUT2D eigenvalue weighted by Gasteiger charge is 2.01. The summed E-state index contributed by atoms with van der Waals surface area (Å²) in [6.07, 6.45) is 0. The fourth-order valence-corrected chi connectivity index (χ4v) is 2.26. The van der Waals surface area contributed by atoms with Gasteiger partial charge in [-0.05, 0) is 12.1 Å². The smallest absolute Gasteiger partial charge is 0.265 e. The predicted molar refractivity (Wildman–Crippen MR) is 68.7 cm³/mol. The van der Waals surface area contributed by atoms with Crippen molar-refractivity contribution in [1.82, 2.24) is 9.78 Å². The summed E-state index contributed by atoms with van der Waals surface area (Å²) < 4.78 is 1.25. The maximum atomic E-state index is 11.5. The Kier molecular flexibility index (Phi) is 3.77. The molecule has 0 aliphatic heterocycles. The van der Waals surface area contributed by atoms with Gasteiger partial charge in [-0.15, -0.1) is 11.3 Å². The molecule has 0 spiro atoms. The number of rotatable bonds is 2. The van der Waals surface area contributed by atoms with Gasteiger partial charge in [-0.25, -0.2) is 4.68 Å². The van der Waals surface area contributed by atoms with E-state index in [1.807, 2.05) is 12.1 Å². The molecule has 0 bridgehead atoms. The molecule has 0 radical (unpaired) electrons. The molecule has 0 aliphatic rings. The molecular weight excluding hydrogens is 252 g/mol. The number of aliphatic hydroxyl groups is 1. The predicted octanol–water partition coefficient (Wildman–Crippen LogP) is -0.00980. The number of aliphatic hydroxyl groups excluding tert-OH is 1. The topological polar surface area (TPSA) is 75.1 Å². The summed E-state index contributed by atoms with van der Waals surface area (Å²) in [5.41, 5.74) is -0.572. The van der Waals surface area contributed by atoms with E-state index in [-0.39, 0.29) is 17.7 Å². The van der Waals surface area contributed by atoms with Crippen molar-refractivity contribution in [2.75, 3.05) is 6.61 Å². The van der Waals surface area contributed by atoms with Crippen molar-refractivity contribution in [3.05, 3.63) is 54.7 Å². The third kappa shape index (κ3) is 2.97. The molecule has 18 heavy (non-hydrogen) atoms. The van der Waals surface area contributed by atoms with Gasteiger partial charge in [-0.2, -0.15) is 0 Å². The number of H-pyrrole nitrogens is 1. The number of nitrogens with zero attached hydrogens (tertiary/aromatic N) is 1. The normalized spacial score (nSPS) is 9.83. The van der Waals surface area contributed by atoms with E-state index in [9.17, 15) is 9.59 Å². The van der Waals surface area contributed by atoms with Crippen LogP contribution in [0.1, 0.15) is 9.75 Å². The number of hydrogen-bond donors (Lipinski definition) is 2. The Morgan fingerprint density at radius 2 is 2.11 bits per heavy atom. The summed E-state index contributed by atoms with van der Waals surface area (Å²) in [6, 6.07) is 6.09. The fraction of sp³-hybridized carbons (Fsp3) is 0.167. The molecule has 0 saturated carbocycles. The summed E-state index contributed by atoms with van der Waals surface area (Å²) in [5, 5.41) is 11.0. The Hall–Kier alpha value is -2.10. The Morgan fingerprint density at radius 3 is 2.89 bits per heavy atom. The van der Waals surface area contributed by atoms with E-state index in [0.717, 1.165) is 9.75 Å². The van der Waals surface area contributed by atoms with Gasteiger partial charge in [0.15, 0.2) is 0 Å². The van der Waals surface area contributed by atoms with Crippen LogP contribution in [0.3, 0.4) is 0 Å². The van der Waals surface area contributed by atoms with Crippen LogP contribution >= 0.6 is 11.3 Å². The lowest BCUT2D eigenvalue weighted by Crippen LogP contribution is -2.28. The summed E-state index contributed by atoms with van der Waals surface area (Å²) in [4.78, 5) is 24.3. The lowest BCUT2D eigenvalue weighted by molar-refractivity contribution is 0.350. The van der Waals surface area contributed by atoms with Crippen LogP contribution in [0.5, 0.6) is 0 Å². The zero-order valence-electron chi connectivity index (χ0n) is 9.34. The quantitative estimate of drug-likeness (QED) is 0.747. The first-order valence-electron chi connectivity index (χ1n) is 5.17. The van der Waals surface area contributed by atoms with Crippen molar-refractivity contribution in [1.29, 1.82) is 0 Å². The molecule has 0 saturated heterocycles. The second-order valence-electron chi connectivity index (χ2n) is 3.46. The highest BCUT2D eigenvalue weighted by molar-refractivity contribution is 7.12. The van der Waals surface area contributed by atoms with Gasteiger partial charge in [0.05, 0.1) is 11.4 Å². The minimum atomic E-state index is -0.313. The first kappa shape index (κ1) is 12.4. The summed E-state index contributed by atoms with van der Waals surface area (Å²) in [5.74, 6) is 5.34. The molecule has 2 rings (SSSR count). The van der Waals surface area contributed by atoms with Crippen LogP contribution in [0.2, 0.25) is 0 Å². The van der Waals surface area contributed by atoms with E-state index < -0.39 is 0 Å². The second kappa shape index (κ2) is 5.49. The number of hydrogen-bond acceptors (Lipinski definition) is 4. The highest BCUT2D eigenvalue weighted by Crippen LogP contribution is 2.15. The van der Waals surface area contributed by atoms with Gasteiger partial charge in [-0.3, -0.25) is 14.7 Å². The molecule has 2 N–H and O–H groups in total. The van der Waals surface area contributed by atoms with E-state index in [1.165, 1.54) is 28.2 Å². The average molecular weight is 262 g/mol. The molecule has 0 atom stereocenters. The summed E-state index contributed by atoms with van der Waals surface area (Å²) >= 11 is 1.42. The van der Waals surface area contributed by atoms with E-state index in [0.29, 0.717) is 6.54 Å². The molecule has 5 nitrogen and oxygen atoms in total. The van der Waals surface area contributed by atoms with Gasteiger partial charge in [-0.1, -0.05) is 11.8 Å². The Balaban J connectivity index is 2.24. The third-order valence-corrected chi connectivity index (χ3v) is 3.14. The van der Waals surface area contributed by atoms with Crippen LogP contribution in [0.4, 0.5) is 0 Å². The molecule has 0 amide bonds. The summed E-state index contributed by atoms with van der Waals surface area (Å²) in [7, 11) is 0.